The van der Waals surface area contributed by atoms with Gasteiger partial charge in [0.1, 0.15) is 0 Å². The maximum atomic E-state index is 6.08. The van der Waals surface area contributed by atoms with Gasteiger partial charge in [0.2, 0.25) is 5.95 Å². The van der Waals surface area contributed by atoms with E-state index < -0.39 is 0 Å². The number of hydrogen-bond donors (Lipinski definition) is 1. The summed E-state index contributed by atoms with van der Waals surface area (Å²) in [6, 6.07) is 11.7. The van der Waals surface area contributed by atoms with Crippen LogP contribution in [-0.2, 0) is 0 Å². The van der Waals surface area contributed by atoms with Gasteiger partial charge in [-0.15, -0.1) is 0 Å². The van der Waals surface area contributed by atoms with E-state index in [9.17, 15) is 0 Å². The van der Waals surface area contributed by atoms with Crippen molar-refractivity contribution in [2.45, 2.75) is 13.8 Å². The number of aromatic nitrogens is 2. The fraction of sp³-hybridized carbons (Fsp3) is 0.133. The average Bonchev–Trinajstić information content (AvgIpc) is 2.38. The molecule has 0 fully saturated rings. The second kappa shape index (κ2) is 6.82. The van der Waals surface area contributed by atoms with Crippen LogP contribution >= 0.6 is 11.6 Å². The molecule has 102 valence electrons. The lowest BCUT2D eigenvalue weighted by Gasteiger charge is -2.01. The van der Waals surface area contributed by atoms with Crippen molar-refractivity contribution < 1.29 is 0 Å². The van der Waals surface area contributed by atoms with Crippen LogP contribution in [0, 0.1) is 13.8 Å². The Morgan fingerprint density at radius 2 is 1.80 bits per heavy atom. The van der Waals surface area contributed by atoms with Crippen molar-refractivity contribution in [3.8, 4) is 0 Å². The number of hydrogen-bond acceptors (Lipinski definition) is 4. The number of anilines is 1. The lowest BCUT2D eigenvalue weighted by molar-refractivity contribution is 1.04. The third-order valence-corrected chi connectivity index (χ3v) is 2.65. The molecule has 0 aliphatic carbocycles. The molecular weight excluding hydrogens is 272 g/mol. The van der Waals surface area contributed by atoms with E-state index in [4.69, 9.17) is 11.6 Å². The molecule has 1 N–H and O–H groups in total. The van der Waals surface area contributed by atoms with Gasteiger partial charge in [-0.3, -0.25) is 0 Å². The summed E-state index contributed by atoms with van der Waals surface area (Å²) in [5, 5.41) is 4.54. The fourth-order valence-electron chi connectivity index (χ4n) is 1.67. The van der Waals surface area contributed by atoms with Gasteiger partial charge in [-0.2, -0.15) is 5.10 Å². The number of nitrogens with zero attached hydrogens (tertiary/aromatic N) is 3. The number of hydrazone groups is 1. The molecule has 0 spiro atoms. The lowest BCUT2D eigenvalue weighted by Crippen LogP contribution is -1.99. The topological polar surface area (TPSA) is 50.2 Å². The molecule has 1 aromatic heterocycles. The third-order valence-electron chi connectivity index (χ3n) is 2.44. The van der Waals surface area contributed by atoms with Crippen LogP contribution in [0.2, 0.25) is 0 Å². The molecule has 1 heterocycles. The first-order valence-corrected chi connectivity index (χ1v) is 6.55. The SMILES string of the molecule is Cc1cc(C)nc(NN=CC(Cl)=Cc2ccccc2)n1. The number of rotatable bonds is 4. The maximum absolute atomic E-state index is 6.08. The number of allylic oxidation sites excluding steroid dienone is 1. The van der Waals surface area contributed by atoms with Crippen molar-refractivity contribution in [2.75, 3.05) is 5.43 Å². The second-order valence-electron chi connectivity index (χ2n) is 4.28. The van der Waals surface area contributed by atoms with Crippen molar-refractivity contribution >= 4 is 29.8 Å². The van der Waals surface area contributed by atoms with Crippen LogP contribution in [-0.4, -0.2) is 16.2 Å². The molecular formula is C15H15ClN4. The minimum atomic E-state index is 0.461. The largest absolute Gasteiger partial charge is 0.245 e. The average molecular weight is 287 g/mol. The Morgan fingerprint density at radius 1 is 1.15 bits per heavy atom. The van der Waals surface area contributed by atoms with Crippen LogP contribution in [0.5, 0.6) is 0 Å². The van der Waals surface area contributed by atoms with Crippen molar-refractivity contribution in [3.05, 3.63) is 58.4 Å². The van der Waals surface area contributed by atoms with Gasteiger partial charge in [-0.1, -0.05) is 41.9 Å². The predicted octanol–water partition coefficient (Wildman–Crippen LogP) is 3.77. The second-order valence-corrected chi connectivity index (χ2v) is 4.72. The van der Waals surface area contributed by atoms with Crippen LogP contribution in [0.1, 0.15) is 17.0 Å². The molecule has 0 radical (unpaired) electrons. The normalized spacial score (nSPS) is 11.8. The summed E-state index contributed by atoms with van der Waals surface area (Å²) < 4.78 is 0. The molecule has 0 aliphatic rings. The highest BCUT2D eigenvalue weighted by atomic mass is 35.5. The first-order valence-electron chi connectivity index (χ1n) is 6.17. The zero-order chi connectivity index (χ0) is 14.4. The summed E-state index contributed by atoms with van der Waals surface area (Å²) in [7, 11) is 0. The van der Waals surface area contributed by atoms with Gasteiger partial charge in [0.15, 0.2) is 0 Å². The van der Waals surface area contributed by atoms with Crippen LogP contribution in [0.15, 0.2) is 46.5 Å². The fourth-order valence-corrected chi connectivity index (χ4v) is 1.85. The summed E-state index contributed by atoms with van der Waals surface area (Å²) in [4.78, 5) is 8.43. The van der Waals surface area contributed by atoms with E-state index in [0.717, 1.165) is 17.0 Å². The van der Waals surface area contributed by atoms with Crippen molar-refractivity contribution in [3.63, 3.8) is 0 Å². The first-order chi connectivity index (χ1) is 9.63. The smallest absolute Gasteiger partial charge is 0.243 e. The van der Waals surface area contributed by atoms with Crippen LogP contribution in [0.25, 0.3) is 6.08 Å². The highest BCUT2D eigenvalue weighted by Crippen LogP contribution is 2.08. The predicted molar refractivity (Wildman–Crippen MR) is 83.9 cm³/mol. The molecule has 0 bridgehead atoms. The zero-order valence-corrected chi connectivity index (χ0v) is 12.1. The van der Waals surface area contributed by atoms with Gasteiger partial charge in [0.25, 0.3) is 0 Å². The highest BCUT2D eigenvalue weighted by molar-refractivity contribution is 6.41. The van der Waals surface area contributed by atoms with Crippen molar-refractivity contribution in [2.24, 2.45) is 5.10 Å². The zero-order valence-electron chi connectivity index (χ0n) is 11.3. The van der Waals surface area contributed by atoms with Crippen molar-refractivity contribution in [1.29, 1.82) is 0 Å². The molecule has 0 amide bonds. The van der Waals surface area contributed by atoms with E-state index in [-0.39, 0.29) is 0 Å². The summed E-state index contributed by atoms with van der Waals surface area (Å²) in [6.45, 7) is 3.82. The Bertz CT molecular complexity index is 615. The Balaban J connectivity index is 2.01. The van der Waals surface area contributed by atoms with E-state index in [2.05, 4.69) is 20.5 Å². The lowest BCUT2D eigenvalue weighted by atomic mass is 10.2. The van der Waals surface area contributed by atoms with Gasteiger partial charge in [-0.25, -0.2) is 15.4 Å². The summed E-state index contributed by atoms with van der Waals surface area (Å²) in [5.74, 6) is 0.461. The van der Waals surface area contributed by atoms with E-state index in [1.807, 2.05) is 56.3 Å². The maximum Gasteiger partial charge on any atom is 0.243 e. The molecule has 2 rings (SSSR count). The van der Waals surface area contributed by atoms with Gasteiger partial charge < -0.3 is 0 Å². The monoisotopic (exact) mass is 286 g/mol. The molecule has 2 aromatic rings. The summed E-state index contributed by atoms with van der Waals surface area (Å²) in [5.41, 5.74) is 5.56. The van der Waals surface area contributed by atoms with Crippen LogP contribution < -0.4 is 5.43 Å². The van der Waals surface area contributed by atoms with Crippen LogP contribution in [0.3, 0.4) is 0 Å². The van der Waals surface area contributed by atoms with E-state index in [1.165, 1.54) is 6.21 Å². The standard InChI is InChI=1S/C15H15ClN4/c1-11-8-12(2)19-15(18-11)20-17-10-14(16)9-13-6-4-3-5-7-13/h3-10H,1-2H3,(H,18,19,20). The molecule has 4 nitrogen and oxygen atoms in total. The number of nitrogens with one attached hydrogen (secondary N) is 1. The molecule has 0 saturated heterocycles. The Kier molecular flexibility index (Phi) is 4.85. The van der Waals surface area contributed by atoms with Gasteiger partial charge in [0, 0.05) is 11.4 Å². The molecule has 1 aromatic carbocycles. The minimum Gasteiger partial charge on any atom is -0.245 e. The number of aryl methyl sites for hydroxylation is 2. The molecule has 0 unspecified atom stereocenters. The number of halogens is 1. The number of benzene rings is 1. The van der Waals surface area contributed by atoms with Gasteiger partial charge in [0.05, 0.1) is 11.2 Å². The van der Waals surface area contributed by atoms with E-state index in [1.54, 1.807) is 0 Å². The molecule has 0 saturated carbocycles. The quantitative estimate of drug-likeness (QED) is 0.687. The molecule has 5 heteroatoms. The third kappa shape index (κ3) is 4.48. The van der Waals surface area contributed by atoms with Crippen molar-refractivity contribution in [1.82, 2.24) is 9.97 Å². The van der Waals surface area contributed by atoms with Gasteiger partial charge >= 0.3 is 0 Å². The van der Waals surface area contributed by atoms with E-state index in [0.29, 0.717) is 11.0 Å². The Labute approximate surface area is 123 Å². The summed E-state index contributed by atoms with van der Waals surface area (Å²) >= 11 is 6.08. The molecule has 0 atom stereocenters. The Hall–Kier alpha value is -2.20. The van der Waals surface area contributed by atoms with Crippen LogP contribution in [0.4, 0.5) is 5.95 Å². The summed E-state index contributed by atoms with van der Waals surface area (Å²) in [6.07, 6.45) is 3.35. The molecule has 0 aliphatic heterocycles. The Morgan fingerprint density at radius 3 is 2.45 bits per heavy atom. The minimum absolute atomic E-state index is 0.461. The van der Waals surface area contributed by atoms with Gasteiger partial charge in [-0.05, 0) is 31.6 Å². The van der Waals surface area contributed by atoms with E-state index >= 15 is 0 Å². The first kappa shape index (κ1) is 14.2. The highest BCUT2D eigenvalue weighted by Gasteiger charge is 1.96. The molecule has 20 heavy (non-hydrogen) atoms.